The third-order valence-corrected chi connectivity index (χ3v) is 5.65. The van der Waals surface area contributed by atoms with Gasteiger partial charge in [-0.1, -0.05) is 36.4 Å². The number of nitrogens with zero attached hydrogens (tertiary/aromatic N) is 1. The Hall–Kier alpha value is -3.51. The number of hydrogen-bond acceptors (Lipinski definition) is 4. The zero-order valence-electron chi connectivity index (χ0n) is 17.3. The van der Waals surface area contributed by atoms with Crippen LogP contribution in [0.4, 0.5) is 5.69 Å². The average Bonchev–Trinajstić information content (AvgIpc) is 2.80. The van der Waals surface area contributed by atoms with Gasteiger partial charge in [-0.15, -0.1) is 0 Å². The summed E-state index contributed by atoms with van der Waals surface area (Å²) >= 11 is 0. The Balaban J connectivity index is 1.34. The molecule has 0 bridgehead atoms. The van der Waals surface area contributed by atoms with E-state index < -0.39 is 6.04 Å². The molecule has 2 atom stereocenters. The van der Waals surface area contributed by atoms with Crippen molar-refractivity contribution >= 4 is 17.5 Å². The number of fused-ring (bicyclic) bond motifs is 1. The zero-order valence-corrected chi connectivity index (χ0v) is 17.3. The first kappa shape index (κ1) is 20.8. The van der Waals surface area contributed by atoms with Gasteiger partial charge in [-0.2, -0.15) is 0 Å². The van der Waals surface area contributed by atoms with Crippen LogP contribution in [0.3, 0.4) is 0 Å². The number of rotatable bonds is 6. The number of aryl methyl sites for hydroxylation is 1. The lowest BCUT2D eigenvalue weighted by Crippen LogP contribution is -2.33. The van der Waals surface area contributed by atoms with E-state index in [4.69, 9.17) is 5.73 Å². The number of hydrogen-bond donors (Lipinski definition) is 3. The summed E-state index contributed by atoms with van der Waals surface area (Å²) < 4.78 is 0. The van der Waals surface area contributed by atoms with E-state index >= 15 is 0 Å². The molecule has 1 heterocycles. The molecule has 0 unspecified atom stereocenters. The number of carbonyl (C=O) groups excluding carboxylic acids is 2. The molecule has 1 aliphatic rings. The molecule has 2 amide bonds. The van der Waals surface area contributed by atoms with Gasteiger partial charge in [0.05, 0.1) is 6.04 Å². The molecule has 0 aliphatic heterocycles. The van der Waals surface area contributed by atoms with Crippen molar-refractivity contribution in [2.24, 2.45) is 5.73 Å². The fourth-order valence-electron chi connectivity index (χ4n) is 3.99. The van der Waals surface area contributed by atoms with Crippen LogP contribution in [0.25, 0.3) is 0 Å². The molecule has 6 heteroatoms. The molecule has 158 valence electrons. The van der Waals surface area contributed by atoms with Gasteiger partial charge in [0.2, 0.25) is 5.91 Å². The standard InChI is InChI=1S/C25H26N4O2/c26-22(16-24(30)29-23-7-3-5-17-4-1-2-6-21(17)23)18-8-10-19(11-9-18)25(31)28-20-12-14-27-15-13-20/h1-2,4,6,8-15,22-23H,3,5,7,16,26H2,(H,29,30)(H,27,28,31)/t22-,23+/m1/s1. The SMILES string of the molecule is N[C@H](CC(=O)N[C@H]1CCCc2ccccc21)c1ccc(C(=O)Nc2ccncc2)cc1. The van der Waals surface area contributed by atoms with Gasteiger partial charge < -0.3 is 16.4 Å². The summed E-state index contributed by atoms with van der Waals surface area (Å²) in [7, 11) is 0. The lowest BCUT2D eigenvalue weighted by molar-refractivity contribution is -0.122. The predicted molar refractivity (Wildman–Crippen MR) is 120 cm³/mol. The topological polar surface area (TPSA) is 97.1 Å². The van der Waals surface area contributed by atoms with E-state index in [1.165, 1.54) is 11.1 Å². The normalized spacial score (nSPS) is 16.1. The molecule has 2 aromatic carbocycles. The number of nitrogens with two attached hydrogens (primary N) is 1. The highest BCUT2D eigenvalue weighted by atomic mass is 16.2. The fourth-order valence-corrected chi connectivity index (χ4v) is 3.99. The number of pyridine rings is 1. The third kappa shape index (κ3) is 5.16. The van der Waals surface area contributed by atoms with E-state index in [0.717, 1.165) is 24.8 Å². The van der Waals surface area contributed by atoms with Gasteiger partial charge in [-0.05, 0) is 60.2 Å². The minimum atomic E-state index is -0.434. The number of amides is 2. The van der Waals surface area contributed by atoms with Crippen molar-refractivity contribution in [1.82, 2.24) is 10.3 Å². The van der Waals surface area contributed by atoms with Crippen LogP contribution in [-0.2, 0) is 11.2 Å². The molecule has 31 heavy (non-hydrogen) atoms. The molecule has 0 saturated carbocycles. The summed E-state index contributed by atoms with van der Waals surface area (Å²) in [5.41, 5.74) is 10.8. The van der Waals surface area contributed by atoms with Crippen LogP contribution in [-0.4, -0.2) is 16.8 Å². The Morgan fingerprint density at radius 1 is 1.03 bits per heavy atom. The van der Waals surface area contributed by atoms with E-state index in [1.54, 1.807) is 48.8 Å². The quantitative estimate of drug-likeness (QED) is 0.569. The van der Waals surface area contributed by atoms with Crippen LogP contribution in [0, 0.1) is 0 Å². The largest absolute Gasteiger partial charge is 0.349 e. The lowest BCUT2D eigenvalue weighted by atomic mass is 9.87. The van der Waals surface area contributed by atoms with E-state index in [-0.39, 0.29) is 24.3 Å². The molecule has 1 aromatic heterocycles. The number of benzene rings is 2. The van der Waals surface area contributed by atoms with Gasteiger partial charge in [0.15, 0.2) is 0 Å². The lowest BCUT2D eigenvalue weighted by Gasteiger charge is -2.27. The molecule has 1 aliphatic carbocycles. The maximum Gasteiger partial charge on any atom is 0.255 e. The Labute approximate surface area is 181 Å². The average molecular weight is 415 g/mol. The van der Waals surface area contributed by atoms with Gasteiger partial charge in [0.25, 0.3) is 5.91 Å². The van der Waals surface area contributed by atoms with Crippen molar-refractivity contribution in [2.45, 2.75) is 37.8 Å². The molecule has 0 spiro atoms. The van der Waals surface area contributed by atoms with Gasteiger partial charge in [0, 0.05) is 36.1 Å². The van der Waals surface area contributed by atoms with Crippen molar-refractivity contribution in [2.75, 3.05) is 5.32 Å². The number of nitrogens with one attached hydrogen (secondary N) is 2. The Kier molecular flexibility index (Phi) is 6.38. The van der Waals surface area contributed by atoms with E-state index in [0.29, 0.717) is 11.3 Å². The van der Waals surface area contributed by atoms with Gasteiger partial charge in [-0.25, -0.2) is 0 Å². The van der Waals surface area contributed by atoms with Crippen molar-refractivity contribution in [1.29, 1.82) is 0 Å². The van der Waals surface area contributed by atoms with Crippen molar-refractivity contribution in [3.63, 3.8) is 0 Å². The van der Waals surface area contributed by atoms with Crippen molar-refractivity contribution in [3.8, 4) is 0 Å². The number of aromatic nitrogens is 1. The van der Waals surface area contributed by atoms with Crippen LogP contribution >= 0.6 is 0 Å². The molecule has 3 aromatic rings. The van der Waals surface area contributed by atoms with Gasteiger partial charge in [-0.3, -0.25) is 14.6 Å². The van der Waals surface area contributed by atoms with Crippen LogP contribution in [0.2, 0.25) is 0 Å². The Bertz CT molecular complexity index is 1050. The molecular weight excluding hydrogens is 388 g/mol. The second-order valence-electron chi connectivity index (χ2n) is 7.83. The van der Waals surface area contributed by atoms with Crippen LogP contribution in [0.5, 0.6) is 0 Å². The summed E-state index contributed by atoms with van der Waals surface area (Å²) in [4.78, 5) is 28.9. The monoisotopic (exact) mass is 414 g/mol. The molecule has 0 fully saturated rings. The predicted octanol–water partition coefficient (Wildman–Crippen LogP) is 3.92. The second-order valence-corrected chi connectivity index (χ2v) is 7.83. The fraction of sp³-hybridized carbons (Fsp3) is 0.240. The molecule has 4 rings (SSSR count). The van der Waals surface area contributed by atoms with E-state index in [1.807, 2.05) is 12.1 Å². The summed E-state index contributed by atoms with van der Waals surface area (Å²) in [6.45, 7) is 0. The van der Waals surface area contributed by atoms with Crippen LogP contribution in [0.1, 0.15) is 58.4 Å². The van der Waals surface area contributed by atoms with Crippen molar-refractivity contribution in [3.05, 3.63) is 95.3 Å². The highest BCUT2D eigenvalue weighted by molar-refractivity contribution is 6.04. The van der Waals surface area contributed by atoms with Gasteiger partial charge >= 0.3 is 0 Å². The molecule has 4 N–H and O–H groups in total. The highest BCUT2D eigenvalue weighted by Crippen LogP contribution is 2.29. The van der Waals surface area contributed by atoms with Crippen LogP contribution in [0.15, 0.2) is 73.1 Å². The third-order valence-electron chi connectivity index (χ3n) is 5.65. The molecule has 6 nitrogen and oxygen atoms in total. The first-order valence-electron chi connectivity index (χ1n) is 10.5. The summed E-state index contributed by atoms with van der Waals surface area (Å²) in [6.07, 6.45) is 6.50. The number of anilines is 1. The summed E-state index contributed by atoms with van der Waals surface area (Å²) in [6, 6.07) is 18.4. The van der Waals surface area contributed by atoms with Crippen LogP contribution < -0.4 is 16.4 Å². The molecule has 0 radical (unpaired) electrons. The van der Waals surface area contributed by atoms with E-state index in [9.17, 15) is 9.59 Å². The van der Waals surface area contributed by atoms with Gasteiger partial charge in [0.1, 0.15) is 0 Å². The Morgan fingerprint density at radius 2 is 1.77 bits per heavy atom. The highest BCUT2D eigenvalue weighted by Gasteiger charge is 2.22. The Morgan fingerprint density at radius 3 is 2.55 bits per heavy atom. The maximum absolute atomic E-state index is 12.6. The smallest absolute Gasteiger partial charge is 0.255 e. The second kappa shape index (κ2) is 9.53. The summed E-state index contributed by atoms with van der Waals surface area (Å²) in [5, 5.41) is 5.96. The summed E-state index contributed by atoms with van der Waals surface area (Å²) in [5.74, 6) is -0.270. The molecular formula is C25H26N4O2. The van der Waals surface area contributed by atoms with Crippen molar-refractivity contribution < 1.29 is 9.59 Å². The minimum Gasteiger partial charge on any atom is -0.349 e. The first-order chi connectivity index (χ1) is 15.1. The first-order valence-corrected chi connectivity index (χ1v) is 10.5. The maximum atomic E-state index is 12.6. The number of carbonyl (C=O) groups is 2. The zero-order chi connectivity index (χ0) is 21.6. The molecule has 0 saturated heterocycles. The minimum absolute atomic E-state index is 0.0453. The van der Waals surface area contributed by atoms with E-state index in [2.05, 4.69) is 27.8 Å².